The van der Waals surface area contributed by atoms with Crippen LogP contribution in [0.5, 0.6) is 0 Å². The van der Waals surface area contributed by atoms with Crippen LogP contribution >= 0.6 is 0 Å². The van der Waals surface area contributed by atoms with Crippen molar-refractivity contribution >= 4 is 17.9 Å². The second-order valence-electron chi connectivity index (χ2n) is 3.79. The van der Waals surface area contributed by atoms with E-state index in [1.54, 1.807) is 5.32 Å². The summed E-state index contributed by atoms with van der Waals surface area (Å²) in [6.45, 7) is 1.31. The van der Waals surface area contributed by atoms with Crippen molar-refractivity contribution in [2.24, 2.45) is 5.73 Å². The highest BCUT2D eigenvalue weighted by Gasteiger charge is 2.18. The van der Waals surface area contributed by atoms with Crippen molar-refractivity contribution in [2.75, 3.05) is 0 Å². The lowest BCUT2D eigenvalue weighted by Gasteiger charge is -2.11. The number of carbonyl (C=O) groups is 3. The molecule has 3 N–H and O–H groups in total. The molecule has 1 atom stereocenters. The van der Waals surface area contributed by atoms with Gasteiger partial charge in [0, 0.05) is 0 Å². The summed E-state index contributed by atoms with van der Waals surface area (Å²) < 4.78 is 17.4. The molecule has 0 aromatic heterocycles. The molecule has 7 heteroatoms. The molecule has 0 unspecified atom stereocenters. The van der Waals surface area contributed by atoms with Crippen molar-refractivity contribution in [2.45, 2.75) is 19.4 Å². The average molecular weight is 268 g/mol. The second-order valence-corrected chi connectivity index (χ2v) is 3.79. The Labute approximate surface area is 108 Å². The molecule has 0 saturated carbocycles. The molecule has 0 spiro atoms. The van der Waals surface area contributed by atoms with E-state index < -0.39 is 29.8 Å². The average Bonchev–Trinajstić information content (AvgIpc) is 2.31. The van der Waals surface area contributed by atoms with Crippen molar-refractivity contribution in [1.29, 1.82) is 0 Å². The van der Waals surface area contributed by atoms with E-state index in [9.17, 15) is 18.8 Å². The van der Waals surface area contributed by atoms with Crippen molar-refractivity contribution in [3.05, 3.63) is 35.6 Å². The Morgan fingerprint density at radius 2 is 1.89 bits per heavy atom. The molecule has 0 heterocycles. The summed E-state index contributed by atoms with van der Waals surface area (Å²) in [5.41, 5.74) is 5.30. The predicted molar refractivity (Wildman–Crippen MR) is 63.4 cm³/mol. The van der Waals surface area contributed by atoms with Crippen LogP contribution in [0.3, 0.4) is 0 Å². The summed E-state index contributed by atoms with van der Waals surface area (Å²) in [7, 11) is 0. The predicted octanol–water partition coefficient (Wildman–Crippen LogP) is 0.495. The minimum atomic E-state index is -1.14. The standard InChI is InChI=1S/C12H13FN2O4/c1-7(11(17)15-12(14)18)19-10(16)6-8-2-4-9(13)5-3-8/h2-5,7H,6H2,1H3,(H3,14,15,17,18)/t7-/m0/s1. The van der Waals surface area contributed by atoms with Gasteiger partial charge in [-0.15, -0.1) is 0 Å². The second kappa shape index (κ2) is 6.48. The molecule has 0 aliphatic heterocycles. The van der Waals surface area contributed by atoms with Crippen LogP contribution in [0.1, 0.15) is 12.5 Å². The summed E-state index contributed by atoms with van der Waals surface area (Å²) in [5, 5.41) is 1.79. The van der Waals surface area contributed by atoms with Gasteiger partial charge in [-0.2, -0.15) is 0 Å². The molecule has 0 bridgehead atoms. The van der Waals surface area contributed by atoms with Crippen molar-refractivity contribution < 1.29 is 23.5 Å². The van der Waals surface area contributed by atoms with E-state index in [1.807, 2.05) is 0 Å². The first-order valence-electron chi connectivity index (χ1n) is 5.42. The third-order valence-electron chi connectivity index (χ3n) is 2.19. The molecule has 0 fully saturated rings. The summed E-state index contributed by atoms with van der Waals surface area (Å²) in [6, 6.07) is 4.28. The number of carbonyl (C=O) groups excluding carboxylic acids is 3. The Morgan fingerprint density at radius 1 is 1.32 bits per heavy atom. The van der Waals surface area contributed by atoms with E-state index >= 15 is 0 Å². The van der Waals surface area contributed by atoms with E-state index in [2.05, 4.69) is 0 Å². The number of halogens is 1. The molecule has 1 aromatic rings. The maximum absolute atomic E-state index is 12.6. The molecule has 1 rings (SSSR count). The largest absolute Gasteiger partial charge is 0.452 e. The van der Waals surface area contributed by atoms with Gasteiger partial charge in [0.05, 0.1) is 6.42 Å². The van der Waals surface area contributed by atoms with Gasteiger partial charge in [-0.1, -0.05) is 12.1 Å². The Bertz CT molecular complexity index is 487. The monoisotopic (exact) mass is 268 g/mol. The first kappa shape index (κ1) is 14.6. The molecule has 19 heavy (non-hydrogen) atoms. The van der Waals surface area contributed by atoms with Crippen LogP contribution < -0.4 is 11.1 Å². The quantitative estimate of drug-likeness (QED) is 0.776. The third kappa shape index (κ3) is 5.15. The lowest BCUT2D eigenvalue weighted by Crippen LogP contribution is -2.42. The maximum atomic E-state index is 12.6. The Hall–Kier alpha value is -2.44. The number of esters is 1. The minimum absolute atomic E-state index is 0.103. The molecule has 3 amide bonds. The van der Waals surface area contributed by atoms with Gasteiger partial charge in [0.15, 0.2) is 6.10 Å². The summed E-state index contributed by atoms with van der Waals surface area (Å²) in [5.74, 6) is -1.88. The molecule has 0 radical (unpaired) electrons. The summed E-state index contributed by atoms with van der Waals surface area (Å²) in [4.78, 5) is 33.2. The van der Waals surface area contributed by atoms with Crippen LogP contribution in [0.2, 0.25) is 0 Å². The Balaban J connectivity index is 2.48. The van der Waals surface area contributed by atoms with Crippen LogP contribution in [0.25, 0.3) is 0 Å². The molecule has 0 saturated heterocycles. The lowest BCUT2D eigenvalue weighted by atomic mass is 10.1. The van der Waals surface area contributed by atoms with Crippen LogP contribution in [-0.4, -0.2) is 24.0 Å². The smallest absolute Gasteiger partial charge is 0.318 e. The van der Waals surface area contributed by atoms with Gasteiger partial charge >= 0.3 is 12.0 Å². The van der Waals surface area contributed by atoms with Crippen LogP contribution in [0.4, 0.5) is 9.18 Å². The van der Waals surface area contributed by atoms with Crippen LogP contribution in [-0.2, 0) is 20.7 Å². The third-order valence-corrected chi connectivity index (χ3v) is 2.19. The fraction of sp³-hybridized carbons (Fsp3) is 0.250. The zero-order valence-corrected chi connectivity index (χ0v) is 10.2. The number of benzene rings is 1. The van der Waals surface area contributed by atoms with E-state index in [1.165, 1.54) is 31.2 Å². The molecule has 0 aliphatic rings. The number of hydrogen-bond acceptors (Lipinski definition) is 4. The van der Waals surface area contributed by atoms with Crippen molar-refractivity contribution in [3.8, 4) is 0 Å². The maximum Gasteiger partial charge on any atom is 0.318 e. The van der Waals surface area contributed by atoms with Gasteiger partial charge < -0.3 is 10.5 Å². The Morgan fingerprint density at radius 3 is 2.42 bits per heavy atom. The fourth-order valence-corrected chi connectivity index (χ4v) is 1.28. The van der Waals surface area contributed by atoms with E-state index in [0.29, 0.717) is 5.56 Å². The van der Waals surface area contributed by atoms with Crippen LogP contribution in [0.15, 0.2) is 24.3 Å². The number of amides is 3. The topological polar surface area (TPSA) is 98.5 Å². The lowest BCUT2D eigenvalue weighted by molar-refractivity contribution is -0.153. The van der Waals surface area contributed by atoms with E-state index in [4.69, 9.17) is 10.5 Å². The van der Waals surface area contributed by atoms with E-state index in [-0.39, 0.29) is 6.42 Å². The van der Waals surface area contributed by atoms with Gasteiger partial charge in [0.1, 0.15) is 5.82 Å². The molecule has 102 valence electrons. The van der Waals surface area contributed by atoms with Gasteiger partial charge in [-0.25, -0.2) is 9.18 Å². The number of hydrogen-bond donors (Lipinski definition) is 2. The fourth-order valence-electron chi connectivity index (χ4n) is 1.28. The molecular formula is C12H13FN2O4. The number of ether oxygens (including phenoxy) is 1. The summed E-state index contributed by atoms with van der Waals surface area (Å²) in [6.07, 6.45) is -1.24. The number of nitrogens with one attached hydrogen (secondary N) is 1. The van der Waals surface area contributed by atoms with Gasteiger partial charge in [0.2, 0.25) is 0 Å². The molecule has 0 aliphatic carbocycles. The zero-order valence-electron chi connectivity index (χ0n) is 10.2. The highest BCUT2D eigenvalue weighted by atomic mass is 19.1. The minimum Gasteiger partial charge on any atom is -0.452 e. The van der Waals surface area contributed by atoms with Crippen molar-refractivity contribution in [1.82, 2.24) is 5.32 Å². The highest BCUT2D eigenvalue weighted by Crippen LogP contribution is 2.05. The first-order chi connectivity index (χ1) is 8.88. The van der Waals surface area contributed by atoms with Gasteiger partial charge in [-0.05, 0) is 24.6 Å². The highest BCUT2D eigenvalue weighted by molar-refractivity contribution is 5.96. The number of nitrogens with two attached hydrogens (primary N) is 1. The zero-order chi connectivity index (χ0) is 14.4. The molecule has 1 aromatic carbocycles. The Kier molecular flexibility index (Phi) is 4.99. The number of urea groups is 1. The molecule has 6 nitrogen and oxygen atoms in total. The van der Waals surface area contributed by atoms with Gasteiger partial charge in [0.25, 0.3) is 5.91 Å². The number of primary amides is 1. The first-order valence-corrected chi connectivity index (χ1v) is 5.42. The van der Waals surface area contributed by atoms with E-state index in [0.717, 1.165) is 0 Å². The number of imide groups is 1. The normalized spacial score (nSPS) is 11.5. The SMILES string of the molecule is C[C@H](OC(=O)Cc1ccc(F)cc1)C(=O)NC(N)=O. The van der Waals surface area contributed by atoms with Crippen molar-refractivity contribution in [3.63, 3.8) is 0 Å². The van der Waals surface area contributed by atoms with Crippen LogP contribution in [0, 0.1) is 5.82 Å². The number of rotatable bonds is 4. The van der Waals surface area contributed by atoms with Gasteiger partial charge in [-0.3, -0.25) is 14.9 Å². The summed E-state index contributed by atoms with van der Waals surface area (Å²) >= 11 is 0. The molecular weight excluding hydrogens is 255 g/mol.